The summed E-state index contributed by atoms with van der Waals surface area (Å²) in [6, 6.07) is 29.8. The zero-order chi connectivity index (χ0) is 38.8. The van der Waals surface area contributed by atoms with Crippen molar-refractivity contribution in [2.75, 3.05) is 55.7 Å². The van der Waals surface area contributed by atoms with Crippen molar-refractivity contribution < 1.29 is 19.4 Å². The molecule has 2 amide bonds. The van der Waals surface area contributed by atoms with Gasteiger partial charge >= 0.3 is 0 Å². The lowest BCUT2D eigenvalue weighted by Gasteiger charge is -2.53. The van der Waals surface area contributed by atoms with Crippen LogP contribution in [0.4, 0.5) is 11.4 Å². The van der Waals surface area contributed by atoms with Crippen LogP contribution in [0, 0.1) is 5.92 Å². The Kier molecular flexibility index (Phi) is 9.04. The van der Waals surface area contributed by atoms with Crippen molar-refractivity contribution >= 4 is 23.2 Å². The quantitative estimate of drug-likeness (QED) is 0.215. The number of carbonyl (C=O) groups excluding carboxylic acids is 2. The average Bonchev–Trinajstić information content (AvgIpc) is 3.56. The van der Waals surface area contributed by atoms with E-state index in [1.807, 2.05) is 18.2 Å². The van der Waals surface area contributed by atoms with Gasteiger partial charge in [-0.25, -0.2) is 0 Å². The van der Waals surface area contributed by atoms with E-state index in [4.69, 9.17) is 4.74 Å². The Hall–Kier alpha value is -5.28. The molecule has 9 nitrogen and oxygen atoms in total. The fourth-order valence-electron chi connectivity index (χ4n) is 11.0. The Morgan fingerprint density at radius 3 is 2.47 bits per heavy atom. The second-order valence-electron chi connectivity index (χ2n) is 17.6. The number of carbonyl (C=O) groups is 2. The maximum atomic E-state index is 13.5. The van der Waals surface area contributed by atoms with Crippen LogP contribution in [-0.2, 0) is 17.8 Å². The van der Waals surface area contributed by atoms with Crippen LogP contribution >= 0.6 is 0 Å². The summed E-state index contributed by atoms with van der Waals surface area (Å²) in [6.07, 6.45) is 5.68. The molecule has 1 aliphatic carbocycles. The lowest BCUT2D eigenvalue weighted by Crippen LogP contribution is -2.65. The highest BCUT2D eigenvalue weighted by Crippen LogP contribution is 2.48. The lowest BCUT2D eigenvalue weighted by atomic mass is 9.69. The molecule has 0 saturated carbocycles. The van der Waals surface area contributed by atoms with Crippen LogP contribution < -0.4 is 19.9 Å². The molecular formula is C48H53N5O4. The van der Waals surface area contributed by atoms with Gasteiger partial charge in [-0.3, -0.25) is 14.5 Å². The zero-order valence-corrected chi connectivity index (χ0v) is 33.0. The molecule has 0 bridgehead atoms. The van der Waals surface area contributed by atoms with Crippen molar-refractivity contribution in [1.82, 2.24) is 15.1 Å². The van der Waals surface area contributed by atoms with Crippen LogP contribution in [0.3, 0.4) is 0 Å². The summed E-state index contributed by atoms with van der Waals surface area (Å²) in [5.41, 5.74) is 9.83. The number of ether oxygens (including phenoxy) is 1. The van der Waals surface area contributed by atoms with Crippen molar-refractivity contribution in [3.8, 4) is 11.5 Å². The molecule has 4 aromatic carbocycles. The Balaban J connectivity index is 0.771. The highest BCUT2D eigenvalue weighted by molar-refractivity contribution is 6.03. The fourth-order valence-corrected chi connectivity index (χ4v) is 11.0. The van der Waals surface area contributed by atoms with Gasteiger partial charge in [0.05, 0.1) is 17.8 Å². The number of piperidine rings is 2. The predicted octanol–water partition coefficient (Wildman–Crippen LogP) is 7.19. The molecule has 0 spiro atoms. The molecule has 294 valence electrons. The molecule has 4 atom stereocenters. The minimum atomic E-state index is -0.480. The summed E-state index contributed by atoms with van der Waals surface area (Å²) in [5.74, 6) is 2.25. The Bertz CT molecular complexity index is 2220. The molecule has 10 rings (SSSR count). The number of hydrogen-bond acceptors (Lipinski definition) is 7. The van der Waals surface area contributed by atoms with Gasteiger partial charge in [0, 0.05) is 67.7 Å². The Morgan fingerprint density at radius 2 is 1.68 bits per heavy atom. The third kappa shape index (κ3) is 6.44. The highest BCUT2D eigenvalue weighted by atomic mass is 16.5. The molecular weight excluding hydrogens is 711 g/mol. The van der Waals surface area contributed by atoms with Crippen molar-refractivity contribution in [2.24, 2.45) is 5.92 Å². The van der Waals surface area contributed by atoms with Crippen LogP contribution in [0.15, 0.2) is 97.2 Å². The third-order valence-electron chi connectivity index (χ3n) is 14.0. The number of phenols is 1. The first-order valence-corrected chi connectivity index (χ1v) is 21.0. The normalized spacial score (nSPS) is 26.3. The van der Waals surface area contributed by atoms with Crippen LogP contribution in [0.2, 0.25) is 0 Å². The molecule has 6 aliphatic rings. The van der Waals surface area contributed by atoms with Crippen LogP contribution in [0.1, 0.15) is 89.0 Å². The van der Waals surface area contributed by atoms with Crippen molar-refractivity contribution in [2.45, 2.75) is 75.4 Å². The number of phenolic OH excluding ortho intramolecular Hbond substituents is 1. The van der Waals surface area contributed by atoms with E-state index in [0.717, 1.165) is 74.8 Å². The molecule has 3 fully saturated rings. The summed E-state index contributed by atoms with van der Waals surface area (Å²) in [4.78, 5) is 35.7. The number of rotatable bonds is 6. The van der Waals surface area contributed by atoms with Crippen molar-refractivity contribution in [3.63, 3.8) is 0 Å². The number of aromatic hydroxyl groups is 1. The molecule has 0 aromatic heterocycles. The smallest absolute Gasteiger partial charge is 0.255 e. The molecule has 3 saturated heterocycles. The van der Waals surface area contributed by atoms with Gasteiger partial charge in [-0.15, -0.1) is 0 Å². The monoisotopic (exact) mass is 763 g/mol. The highest BCUT2D eigenvalue weighted by Gasteiger charge is 2.47. The van der Waals surface area contributed by atoms with Gasteiger partial charge in [-0.2, -0.15) is 0 Å². The number of hydrogen-bond donors (Lipinski definition) is 2. The Morgan fingerprint density at radius 1 is 0.877 bits per heavy atom. The topological polar surface area (TPSA) is 88.6 Å². The van der Waals surface area contributed by atoms with Crippen molar-refractivity contribution in [3.05, 3.63) is 131 Å². The van der Waals surface area contributed by atoms with Gasteiger partial charge in [0.15, 0.2) is 0 Å². The summed E-state index contributed by atoms with van der Waals surface area (Å²) < 4.78 is 6.59. The number of anilines is 2. The molecule has 57 heavy (non-hydrogen) atoms. The van der Waals surface area contributed by atoms with E-state index in [0.29, 0.717) is 49.1 Å². The summed E-state index contributed by atoms with van der Waals surface area (Å²) in [7, 11) is 0. The van der Waals surface area contributed by atoms with E-state index in [1.165, 1.54) is 40.8 Å². The van der Waals surface area contributed by atoms with Gasteiger partial charge in [0.2, 0.25) is 5.91 Å². The second-order valence-corrected chi connectivity index (χ2v) is 17.6. The average molecular weight is 764 g/mol. The van der Waals surface area contributed by atoms with E-state index in [-0.39, 0.29) is 23.3 Å². The first-order valence-electron chi connectivity index (χ1n) is 21.0. The zero-order valence-electron chi connectivity index (χ0n) is 33.0. The minimum Gasteiger partial charge on any atom is -0.508 e. The van der Waals surface area contributed by atoms with Gasteiger partial charge in [0.1, 0.15) is 24.1 Å². The van der Waals surface area contributed by atoms with E-state index < -0.39 is 6.04 Å². The molecule has 0 radical (unpaired) electrons. The van der Waals surface area contributed by atoms with E-state index >= 15 is 0 Å². The molecule has 5 aliphatic heterocycles. The second kappa shape index (κ2) is 14.3. The Labute approximate surface area is 335 Å². The maximum absolute atomic E-state index is 13.5. The van der Waals surface area contributed by atoms with Crippen LogP contribution in [-0.4, -0.2) is 84.2 Å². The number of amides is 2. The van der Waals surface area contributed by atoms with Gasteiger partial charge < -0.3 is 29.9 Å². The number of nitrogens with one attached hydrogen (secondary N) is 1. The summed E-state index contributed by atoms with van der Waals surface area (Å²) in [5, 5.41) is 13.1. The van der Waals surface area contributed by atoms with E-state index in [1.54, 1.807) is 4.90 Å². The van der Waals surface area contributed by atoms with E-state index in [9.17, 15) is 14.7 Å². The first kappa shape index (κ1) is 36.1. The predicted molar refractivity (Wildman–Crippen MR) is 223 cm³/mol. The molecule has 5 heterocycles. The van der Waals surface area contributed by atoms with E-state index in [2.05, 4.69) is 100 Å². The number of allylic oxidation sites excluding steroid dienone is 1. The largest absolute Gasteiger partial charge is 0.508 e. The molecule has 2 N–H and O–H groups in total. The molecule has 1 unspecified atom stereocenters. The number of piperazine rings is 1. The lowest BCUT2D eigenvalue weighted by molar-refractivity contribution is -0.126. The van der Waals surface area contributed by atoms with Gasteiger partial charge in [-0.1, -0.05) is 55.1 Å². The van der Waals surface area contributed by atoms with Gasteiger partial charge in [-0.05, 0) is 116 Å². The number of aryl methyl sites for hydroxylation is 1. The number of benzene rings is 4. The first-order chi connectivity index (χ1) is 27.7. The molecule has 4 aromatic rings. The minimum absolute atomic E-state index is 0.0876. The standard InChI is InChI=1S/C48H53N5O4/c1-31-8-18-43(46(55)49-31)52-28-41-40(47(52)56)17-19-42-45(41)57-30-48(2)29-50(24-25-53(42)48)27-32-20-22-51(23-21-32)36-12-9-34(10-13-36)44-38(33-6-4-3-5-7-33)15-11-35-26-37(54)14-16-39(35)44/h3-7,9-10,12-14,16-17,19,26,32,38,43-44,54H,1,8,11,15,18,20-25,27-30H2,2H3,(H,49,55)/t38-,43?,44+,48-/m1/s1. The summed E-state index contributed by atoms with van der Waals surface area (Å²) in [6.45, 7) is 13.3. The van der Waals surface area contributed by atoms with Crippen LogP contribution in [0.5, 0.6) is 11.5 Å². The number of fused-ring (bicyclic) bond motifs is 6. The van der Waals surface area contributed by atoms with Gasteiger partial charge in [0.25, 0.3) is 5.91 Å². The molecule has 9 heteroatoms. The fraction of sp³-hybridized carbons (Fsp3) is 0.417. The van der Waals surface area contributed by atoms with Crippen molar-refractivity contribution in [1.29, 1.82) is 0 Å². The maximum Gasteiger partial charge on any atom is 0.255 e. The van der Waals surface area contributed by atoms with Crippen LogP contribution in [0.25, 0.3) is 0 Å². The SMILES string of the molecule is C=C1CCC(N2Cc3c(ccc4c3OC[C@@]3(C)CN(CC5CCN(c6ccc([C@@H]7c8ccc(O)cc8CC[C@@H]7c7ccccc7)cc6)CC5)CCN43)C2=O)C(=O)N1. The summed E-state index contributed by atoms with van der Waals surface area (Å²) >= 11 is 0. The number of nitrogens with zero attached hydrogens (tertiary/aromatic N) is 4. The third-order valence-corrected chi connectivity index (χ3v) is 14.0.